The summed E-state index contributed by atoms with van der Waals surface area (Å²) in [5.41, 5.74) is 1.76. The summed E-state index contributed by atoms with van der Waals surface area (Å²) >= 11 is 0. The lowest BCUT2D eigenvalue weighted by atomic mass is 9.90. The van der Waals surface area contributed by atoms with Gasteiger partial charge in [0, 0.05) is 19.0 Å². The van der Waals surface area contributed by atoms with Crippen LogP contribution in [-0.2, 0) is 19.4 Å². The largest absolute Gasteiger partial charge is 0.355 e. The Morgan fingerprint density at radius 2 is 1.54 bits per heavy atom. The van der Waals surface area contributed by atoms with Gasteiger partial charge in [0.1, 0.15) is 0 Å². The Balaban J connectivity index is 1.56. The van der Waals surface area contributed by atoms with Crippen LogP contribution in [0.1, 0.15) is 29.9 Å². The molecule has 2 N–H and O–H groups in total. The van der Waals surface area contributed by atoms with Crippen molar-refractivity contribution in [3.05, 3.63) is 71.8 Å². The van der Waals surface area contributed by atoms with Crippen molar-refractivity contribution in [2.24, 2.45) is 0 Å². The number of hydrogen-bond acceptors (Lipinski definition) is 4. The van der Waals surface area contributed by atoms with Crippen molar-refractivity contribution < 1.29 is 18.0 Å². The average Bonchev–Trinajstić information content (AvgIpc) is 3.02. The van der Waals surface area contributed by atoms with Crippen LogP contribution in [0.4, 0.5) is 0 Å². The molecule has 7 heteroatoms. The summed E-state index contributed by atoms with van der Waals surface area (Å²) in [5, 5.41) is 5.57. The standard InChI is InChI=1S/C21H24N2O4S/c24-19(23-18-12-14-28(26,27)15-18)11-13-22-21(25)20(16-7-3-1-4-8-16)17-9-5-2-6-10-17/h1-10,18,20H,11-15H2,(H,22,25)(H,23,24). The monoisotopic (exact) mass is 400 g/mol. The molecule has 148 valence electrons. The summed E-state index contributed by atoms with van der Waals surface area (Å²) < 4.78 is 22.9. The molecule has 0 radical (unpaired) electrons. The SMILES string of the molecule is O=C(CCNC(=O)C(c1ccccc1)c1ccccc1)NC1CCS(=O)(=O)C1. The average molecular weight is 401 g/mol. The molecular weight excluding hydrogens is 376 g/mol. The molecule has 2 amide bonds. The highest BCUT2D eigenvalue weighted by atomic mass is 32.2. The summed E-state index contributed by atoms with van der Waals surface area (Å²) in [4.78, 5) is 24.9. The van der Waals surface area contributed by atoms with Gasteiger partial charge in [-0.25, -0.2) is 8.42 Å². The normalized spacial score (nSPS) is 18.0. The van der Waals surface area contributed by atoms with Crippen LogP contribution in [-0.4, -0.2) is 44.3 Å². The zero-order valence-corrected chi connectivity index (χ0v) is 16.3. The molecule has 2 aromatic carbocycles. The maximum atomic E-state index is 12.8. The Hall–Kier alpha value is -2.67. The van der Waals surface area contributed by atoms with E-state index in [0.717, 1.165) is 11.1 Å². The predicted octanol–water partition coefficient (Wildman–Crippen LogP) is 1.63. The number of hydrogen-bond donors (Lipinski definition) is 2. The first kappa shape index (κ1) is 20.1. The number of carbonyl (C=O) groups excluding carboxylic acids is 2. The van der Waals surface area contributed by atoms with Crippen molar-refractivity contribution in [2.75, 3.05) is 18.1 Å². The van der Waals surface area contributed by atoms with Crippen molar-refractivity contribution in [3.8, 4) is 0 Å². The molecule has 1 aliphatic rings. The minimum absolute atomic E-state index is 0.00477. The molecule has 6 nitrogen and oxygen atoms in total. The van der Waals surface area contributed by atoms with Crippen LogP contribution in [0, 0.1) is 0 Å². The maximum Gasteiger partial charge on any atom is 0.232 e. The van der Waals surface area contributed by atoms with E-state index in [2.05, 4.69) is 10.6 Å². The third-order valence-electron chi connectivity index (χ3n) is 4.78. The second-order valence-corrected chi connectivity index (χ2v) is 9.19. The predicted molar refractivity (Wildman–Crippen MR) is 108 cm³/mol. The van der Waals surface area contributed by atoms with E-state index in [-0.39, 0.29) is 42.3 Å². The molecule has 1 unspecified atom stereocenters. The van der Waals surface area contributed by atoms with Gasteiger partial charge in [0.15, 0.2) is 9.84 Å². The van der Waals surface area contributed by atoms with Crippen molar-refractivity contribution in [1.29, 1.82) is 0 Å². The van der Waals surface area contributed by atoms with Crippen LogP contribution in [0.25, 0.3) is 0 Å². The first-order valence-corrected chi connectivity index (χ1v) is 11.1. The molecule has 1 saturated heterocycles. The molecule has 1 heterocycles. The molecule has 0 bridgehead atoms. The second kappa shape index (κ2) is 9.01. The van der Waals surface area contributed by atoms with Crippen LogP contribution >= 0.6 is 0 Å². The van der Waals surface area contributed by atoms with Gasteiger partial charge in [-0.1, -0.05) is 60.7 Å². The van der Waals surface area contributed by atoms with E-state index in [4.69, 9.17) is 0 Å². The number of rotatable bonds is 7. The Labute approximate surface area is 165 Å². The molecule has 3 rings (SSSR count). The molecule has 28 heavy (non-hydrogen) atoms. The van der Waals surface area contributed by atoms with Gasteiger partial charge < -0.3 is 10.6 Å². The molecule has 0 spiro atoms. The lowest BCUT2D eigenvalue weighted by Crippen LogP contribution is -2.38. The molecule has 1 fully saturated rings. The zero-order chi connectivity index (χ0) is 20.0. The van der Waals surface area contributed by atoms with E-state index in [1.165, 1.54) is 0 Å². The lowest BCUT2D eigenvalue weighted by Gasteiger charge is -2.18. The van der Waals surface area contributed by atoms with E-state index in [0.29, 0.717) is 6.42 Å². The second-order valence-electron chi connectivity index (χ2n) is 6.96. The van der Waals surface area contributed by atoms with E-state index in [1.54, 1.807) is 0 Å². The van der Waals surface area contributed by atoms with E-state index < -0.39 is 15.8 Å². The summed E-state index contributed by atoms with van der Waals surface area (Å²) in [6.45, 7) is 0.195. The van der Waals surface area contributed by atoms with Crippen LogP contribution < -0.4 is 10.6 Å². The summed E-state index contributed by atoms with van der Waals surface area (Å²) in [6, 6.07) is 18.7. The number of amides is 2. The summed E-state index contributed by atoms with van der Waals surface area (Å²) in [5.74, 6) is -0.767. The third kappa shape index (κ3) is 5.42. The summed E-state index contributed by atoms with van der Waals surface area (Å²) in [7, 11) is -3.03. The highest BCUT2D eigenvalue weighted by Crippen LogP contribution is 2.24. The molecule has 0 aliphatic carbocycles. The Bertz CT molecular complexity index is 874. The van der Waals surface area contributed by atoms with Gasteiger partial charge in [-0.05, 0) is 17.5 Å². The minimum atomic E-state index is -3.03. The van der Waals surface area contributed by atoms with Gasteiger partial charge in [-0.3, -0.25) is 9.59 Å². The number of benzene rings is 2. The molecule has 0 saturated carbocycles. The smallest absolute Gasteiger partial charge is 0.232 e. The molecule has 0 aromatic heterocycles. The lowest BCUT2D eigenvalue weighted by molar-refractivity contribution is -0.122. The van der Waals surface area contributed by atoms with Gasteiger partial charge in [0.05, 0.1) is 17.4 Å². The fourth-order valence-corrected chi connectivity index (χ4v) is 5.07. The van der Waals surface area contributed by atoms with Crippen LogP contribution in [0.15, 0.2) is 60.7 Å². The van der Waals surface area contributed by atoms with Crippen LogP contribution in [0.5, 0.6) is 0 Å². The first-order valence-electron chi connectivity index (χ1n) is 9.32. The molecule has 2 aromatic rings. The van der Waals surface area contributed by atoms with Gasteiger partial charge in [-0.2, -0.15) is 0 Å². The van der Waals surface area contributed by atoms with Crippen molar-refractivity contribution in [1.82, 2.24) is 10.6 Å². The number of carbonyl (C=O) groups is 2. The fourth-order valence-electron chi connectivity index (χ4n) is 3.40. The van der Waals surface area contributed by atoms with Crippen molar-refractivity contribution >= 4 is 21.7 Å². The van der Waals surface area contributed by atoms with E-state index in [1.807, 2.05) is 60.7 Å². The highest BCUT2D eigenvalue weighted by Gasteiger charge is 2.29. The van der Waals surface area contributed by atoms with Crippen LogP contribution in [0.3, 0.4) is 0 Å². The van der Waals surface area contributed by atoms with Crippen molar-refractivity contribution in [3.63, 3.8) is 0 Å². The Kier molecular flexibility index (Phi) is 6.46. The minimum Gasteiger partial charge on any atom is -0.355 e. The van der Waals surface area contributed by atoms with E-state index >= 15 is 0 Å². The van der Waals surface area contributed by atoms with Gasteiger partial charge in [0.2, 0.25) is 11.8 Å². The highest BCUT2D eigenvalue weighted by molar-refractivity contribution is 7.91. The quantitative estimate of drug-likeness (QED) is 0.739. The van der Waals surface area contributed by atoms with Crippen molar-refractivity contribution in [2.45, 2.75) is 24.8 Å². The zero-order valence-electron chi connectivity index (χ0n) is 15.5. The summed E-state index contributed by atoms with van der Waals surface area (Å²) in [6.07, 6.45) is 0.559. The molecule has 1 atom stereocenters. The molecule has 1 aliphatic heterocycles. The van der Waals surface area contributed by atoms with Gasteiger partial charge in [0.25, 0.3) is 0 Å². The van der Waals surface area contributed by atoms with Gasteiger partial charge in [-0.15, -0.1) is 0 Å². The number of nitrogens with one attached hydrogen (secondary N) is 2. The topological polar surface area (TPSA) is 92.3 Å². The molecular formula is C21H24N2O4S. The fraction of sp³-hybridized carbons (Fsp3) is 0.333. The van der Waals surface area contributed by atoms with Crippen LogP contribution in [0.2, 0.25) is 0 Å². The number of sulfone groups is 1. The third-order valence-corrected chi connectivity index (χ3v) is 6.54. The van der Waals surface area contributed by atoms with Gasteiger partial charge >= 0.3 is 0 Å². The van der Waals surface area contributed by atoms with E-state index in [9.17, 15) is 18.0 Å². The Morgan fingerprint density at radius 1 is 0.964 bits per heavy atom. The first-order chi connectivity index (χ1) is 13.4. The maximum absolute atomic E-state index is 12.8. The Morgan fingerprint density at radius 3 is 2.04 bits per heavy atom.